The van der Waals surface area contributed by atoms with Crippen molar-refractivity contribution >= 4 is 45.7 Å². The van der Waals surface area contributed by atoms with Crippen LogP contribution in [-0.4, -0.2) is 33.5 Å². The first kappa shape index (κ1) is 18.6. The van der Waals surface area contributed by atoms with E-state index in [9.17, 15) is 9.59 Å². The zero-order valence-corrected chi connectivity index (χ0v) is 16.4. The van der Waals surface area contributed by atoms with Crippen LogP contribution in [0.4, 0.5) is 10.8 Å². The molecule has 3 aromatic rings. The highest BCUT2D eigenvalue weighted by Gasteiger charge is 2.35. The van der Waals surface area contributed by atoms with E-state index < -0.39 is 5.92 Å². The molecule has 0 saturated carbocycles. The molecule has 1 aliphatic heterocycles. The lowest BCUT2D eigenvalue weighted by Gasteiger charge is -2.16. The number of benzene rings is 1. The molecule has 9 heteroatoms. The van der Waals surface area contributed by atoms with E-state index in [2.05, 4.69) is 20.5 Å². The molecule has 1 N–H and O–H groups in total. The van der Waals surface area contributed by atoms with E-state index in [-0.39, 0.29) is 18.2 Å². The van der Waals surface area contributed by atoms with Crippen molar-refractivity contribution in [2.24, 2.45) is 5.92 Å². The Morgan fingerprint density at radius 3 is 2.79 bits per heavy atom. The van der Waals surface area contributed by atoms with Crippen LogP contribution < -0.4 is 10.2 Å². The predicted molar refractivity (Wildman–Crippen MR) is 109 cm³/mol. The topological polar surface area (TPSA) is 88.1 Å². The largest absolute Gasteiger partial charge is 0.312 e. The van der Waals surface area contributed by atoms with Gasteiger partial charge in [0.1, 0.15) is 0 Å². The number of nitrogens with zero attached hydrogens (tertiary/aromatic N) is 4. The number of pyridine rings is 1. The van der Waals surface area contributed by atoms with Gasteiger partial charge in [-0.05, 0) is 24.3 Å². The minimum absolute atomic E-state index is 0.0461. The molecule has 7 nitrogen and oxygen atoms in total. The van der Waals surface area contributed by atoms with Gasteiger partial charge in [-0.3, -0.25) is 14.6 Å². The highest BCUT2D eigenvalue weighted by molar-refractivity contribution is 8.00. The number of thioether (sulfide) groups is 1. The second kappa shape index (κ2) is 8.49. The molecule has 2 amide bonds. The lowest BCUT2D eigenvalue weighted by molar-refractivity contribution is -0.122. The maximum atomic E-state index is 12.6. The van der Waals surface area contributed by atoms with Gasteiger partial charge in [0.05, 0.1) is 11.6 Å². The first-order valence-corrected chi connectivity index (χ1v) is 10.5. The second-order valence-electron chi connectivity index (χ2n) is 6.21. The van der Waals surface area contributed by atoms with Gasteiger partial charge in [0.25, 0.3) is 0 Å². The molecule has 3 heterocycles. The van der Waals surface area contributed by atoms with Crippen molar-refractivity contribution in [3.8, 4) is 0 Å². The highest BCUT2D eigenvalue weighted by Crippen LogP contribution is 2.29. The molecule has 2 aromatic heterocycles. The standard InChI is InChI=1S/C19H17N5O2S2/c25-16-10-13(11-24(16)15-7-2-1-3-8-15)17(26)21-18-22-23-19(28-18)27-12-14-6-4-5-9-20-14/h1-9,13H,10-12H2,(H,21,22,26)/t13-/m1/s1. The van der Waals surface area contributed by atoms with E-state index in [1.807, 2.05) is 48.5 Å². The van der Waals surface area contributed by atoms with Crippen molar-refractivity contribution in [1.82, 2.24) is 15.2 Å². The van der Waals surface area contributed by atoms with E-state index in [1.165, 1.54) is 23.1 Å². The summed E-state index contributed by atoms with van der Waals surface area (Å²) in [6.07, 6.45) is 1.95. The summed E-state index contributed by atoms with van der Waals surface area (Å²) >= 11 is 2.84. The van der Waals surface area contributed by atoms with E-state index in [4.69, 9.17) is 0 Å². The molecule has 4 rings (SSSR count). The molecule has 0 unspecified atom stereocenters. The summed E-state index contributed by atoms with van der Waals surface area (Å²) in [6, 6.07) is 15.2. The van der Waals surface area contributed by atoms with Crippen LogP contribution in [0.5, 0.6) is 0 Å². The zero-order chi connectivity index (χ0) is 19.3. The van der Waals surface area contributed by atoms with Crippen LogP contribution in [0.3, 0.4) is 0 Å². The molecule has 0 radical (unpaired) electrons. The summed E-state index contributed by atoms with van der Waals surface area (Å²) in [6.45, 7) is 0.370. The van der Waals surface area contributed by atoms with Crippen LogP contribution >= 0.6 is 23.1 Å². The summed E-state index contributed by atoms with van der Waals surface area (Å²) in [4.78, 5) is 30.8. The molecular formula is C19H17N5O2S2. The van der Waals surface area contributed by atoms with Crippen LogP contribution in [0, 0.1) is 5.92 Å². The zero-order valence-electron chi connectivity index (χ0n) is 14.8. The third-order valence-electron chi connectivity index (χ3n) is 4.27. The van der Waals surface area contributed by atoms with Crippen molar-refractivity contribution < 1.29 is 9.59 Å². The number of rotatable bonds is 6. The van der Waals surface area contributed by atoms with Crippen LogP contribution in [0.15, 0.2) is 59.1 Å². The van der Waals surface area contributed by atoms with Crippen LogP contribution in [0.2, 0.25) is 0 Å². The molecule has 1 atom stereocenters. The Labute approximate surface area is 170 Å². The van der Waals surface area contributed by atoms with Crippen molar-refractivity contribution in [3.63, 3.8) is 0 Å². The number of hydrogen-bond donors (Lipinski definition) is 1. The van der Waals surface area contributed by atoms with Crippen molar-refractivity contribution in [3.05, 3.63) is 60.4 Å². The van der Waals surface area contributed by atoms with Gasteiger partial charge in [-0.1, -0.05) is 47.4 Å². The SMILES string of the molecule is O=C(Nc1nnc(SCc2ccccn2)s1)[C@@H]1CC(=O)N(c2ccccc2)C1. The summed E-state index contributed by atoms with van der Waals surface area (Å²) in [7, 11) is 0. The molecule has 28 heavy (non-hydrogen) atoms. The molecule has 1 saturated heterocycles. The smallest absolute Gasteiger partial charge is 0.231 e. The fourth-order valence-corrected chi connectivity index (χ4v) is 4.56. The Morgan fingerprint density at radius 1 is 1.18 bits per heavy atom. The summed E-state index contributed by atoms with van der Waals surface area (Å²) < 4.78 is 0.759. The average molecular weight is 412 g/mol. The van der Waals surface area contributed by atoms with Gasteiger partial charge in [0.15, 0.2) is 4.34 Å². The Morgan fingerprint density at radius 2 is 2.00 bits per heavy atom. The molecule has 1 aromatic carbocycles. The maximum absolute atomic E-state index is 12.6. The first-order valence-electron chi connectivity index (χ1n) is 8.71. The Hall–Kier alpha value is -2.78. The Bertz CT molecular complexity index is 965. The van der Waals surface area contributed by atoms with Crippen molar-refractivity contribution in [2.45, 2.75) is 16.5 Å². The molecule has 0 aliphatic carbocycles. The Balaban J connectivity index is 1.33. The normalized spacial score (nSPS) is 16.4. The molecule has 1 fully saturated rings. The van der Waals surface area contributed by atoms with Crippen LogP contribution in [0.1, 0.15) is 12.1 Å². The van der Waals surface area contributed by atoms with Gasteiger partial charge in [-0.2, -0.15) is 0 Å². The summed E-state index contributed by atoms with van der Waals surface area (Å²) in [5, 5.41) is 11.4. The van der Waals surface area contributed by atoms with Gasteiger partial charge in [0.2, 0.25) is 16.9 Å². The van der Waals surface area contributed by atoms with Gasteiger partial charge < -0.3 is 10.2 Å². The number of hydrogen-bond acceptors (Lipinski definition) is 7. The lowest BCUT2D eigenvalue weighted by Crippen LogP contribution is -2.28. The minimum Gasteiger partial charge on any atom is -0.312 e. The summed E-state index contributed by atoms with van der Waals surface area (Å²) in [5.74, 6) is 0.0349. The highest BCUT2D eigenvalue weighted by atomic mass is 32.2. The number of para-hydroxylation sites is 1. The predicted octanol–water partition coefficient (Wildman–Crippen LogP) is 3.22. The fraction of sp³-hybridized carbons (Fsp3) is 0.211. The number of carbonyl (C=O) groups is 2. The van der Waals surface area contributed by atoms with E-state index in [1.54, 1.807) is 11.1 Å². The molecule has 0 bridgehead atoms. The number of amides is 2. The third kappa shape index (κ3) is 4.37. The molecule has 0 spiro atoms. The molecular weight excluding hydrogens is 394 g/mol. The van der Waals surface area contributed by atoms with E-state index in [0.29, 0.717) is 17.4 Å². The second-order valence-corrected chi connectivity index (χ2v) is 8.41. The first-order chi connectivity index (χ1) is 13.7. The Kier molecular flexibility index (Phi) is 5.63. The average Bonchev–Trinajstić information content (AvgIpc) is 3.34. The number of nitrogens with one attached hydrogen (secondary N) is 1. The van der Waals surface area contributed by atoms with Gasteiger partial charge >= 0.3 is 0 Å². The maximum Gasteiger partial charge on any atom is 0.231 e. The lowest BCUT2D eigenvalue weighted by atomic mass is 10.1. The number of anilines is 2. The van der Waals surface area contributed by atoms with Gasteiger partial charge in [-0.15, -0.1) is 10.2 Å². The quantitative estimate of drug-likeness (QED) is 0.495. The van der Waals surface area contributed by atoms with Crippen molar-refractivity contribution in [1.29, 1.82) is 0 Å². The van der Waals surface area contributed by atoms with Gasteiger partial charge in [0, 0.05) is 30.6 Å². The number of carbonyl (C=O) groups excluding carboxylic acids is 2. The summed E-state index contributed by atoms with van der Waals surface area (Å²) in [5.41, 5.74) is 1.77. The van der Waals surface area contributed by atoms with E-state index in [0.717, 1.165) is 15.7 Å². The number of aromatic nitrogens is 3. The third-order valence-corrected chi connectivity index (χ3v) is 6.28. The minimum atomic E-state index is -0.402. The van der Waals surface area contributed by atoms with Crippen LogP contribution in [0.25, 0.3) is 0 Å². The molecule has 1 aliphatic rings. The van der Waals surface area contributed by atoms with E-state index >= 15 is 0 Å². The van der Waals surface area contributed by atoms with Crippen molar-refractivity contribution in [2.75, 3.05) is 16.8 Å². The van der Waals surface area contributed by atoms with Gasteiger partial charge in [-0.25, -0.2) is 0 Å². The fourth-order valence-electron chi connectivity index (χ4n) is 2.89. The van der Waals surface area contributed by atoms with Crippen LogP contribution in [-0.2, 0) is 15.3 Å². The monoisotopic (exact) mass is 411 g/mol. The molecule has 142 valence electrons.